The molecule has 2 aromatic heterocycles. The van der Waals surface area contributed by atoms with Gasteiger partial charge in [0.1, 0.15) is 0 Å². The molecule has 0 aliphatic heterocycles. The molecule has 0 unspecified atom stereocenters. The van der Waals surface area contributed by atoms with Crippen LogP contribution in [0.2, 0.25) is 5.02 Å². The third kappa shape index (κ3) is 3.13. The van der Waals surface area contributed by atoms with Crippen LogP contribution in [0.1, 0.15) is 30.4 Å². The molecule has 2 N–H and O–H groups in total. The van der Waals surface area contributed by atoms with Crippen molar-refractivity contribution in [3.63, 3.8) is 0 Å². The number of hydrogen-bond donors (Lipinski definition) is 1. The smallest absolute Gasteiger partial charge is 0.0866 e. The Balaban J connectivity index is 2.14. The molecule has 7 heteroatoms. The predicted octanol–water partition coefficient (Wildman–Crippen LogP) is 1.40. The summed E-state index contributed by atoms with van der Waals surface area (Å²) in [6.07, 6.45) is 3.72. The normalized spacial score (nSPS) is 11.2. The van der Waals surface area contributed by atoms with Crippen molar-refractivity contribution in [1.82, 2.24) is 24.8 Å². The zero-order valence-corrected chi connectivity index (χ0v) is 12.1. The molecule has 0 bridgehead atoms. The van der Waals surface area contributed by atoms with Gasteiger partial charge in [0, 0.05) is 12.7 Å². The first-order valence-corrected chi connectivity index (χ1v) is 6.84. The Labute approximate surface area is 117 Å². The van der Waals surface area contributed by atoms with Crippen molar-refractivity contribution < 1.29 is 0 Å². The van der Waals surface area contributed by atoms with E-state index >= 15 is 0 Å². The van der Waals surface area contributed by atoms with Gasteiger partial charge in [-0.2, -0.15) is 5.10 Å². The van der Waals surface area contributed by atoms with Gasteiger partial charge in [-0.1, -0.05) is 16.8 Å². The van der Waals surface area contributed by atoms with Crippen LogP contribution < -0.4 is 5.73 Å². The third-order valence-electron chi connectivity index (χ3n) is 2.99. The first kappa shape index (κ1) is 14.0. The van der Waals surface area contributed by atoms with Gasteiger partial charge in [0.25, 0.3) is 0 Å². The Morgan fingerprint density at radius 3 is 2.89 bits per heavy atom. The lowest BCUT2D eigenvalue weighted by Crippen LogP contribution is -2.08. The second-order valence-corrected chi connectivity index (χ2v) is 4.84. The molecular formula is C12H19ClN6. The maximum atomic E-state index is 6.27. The number of aryl methyl sites for hydroxylation is 3. The first-order valence-electron chi connectivity index (χ1n) is 6.46. The monoisotopic (exact) mass is 282 g/mol. The van der Waals surface area contributed by atoms with Crippen molar-refractivity contribution in [2.24, 2.45) is 5.73 Å². The second kappa shape index (κ2) is 6.16. The highest BCUT2D eigenvalue weighted by atomic mass is 35.5. The molecule has 0 fully saturated rings. The Morgan fingerprint density at radius 1 is 1.42 bits per heavy atom. The Kier molecular flexibility index (Phi) is 4.55. The summed E-state index contributed by atoms with van der Waals surface area (Å²) in [5, 5.41) is 13.3. The largest absolute Gasteiger partial charge is 0.330 e. The fraction of sp³-hybridized carbons (Fsp3) is 0.583. The highest BCUT2D eigenvalue weighted by Gasteiger charge is 2.13. The van der Waals surface area contributed by atoms with Gasteiger partial charge >= 0.3 is 0 Å². The molecule has 0 saturated heterocycles. The summed E-state index contributed by atoms with van der Waals surface area (Å²) in [5.41, 5.74) is 8.26. The van der Waals surface area contributed by atoms with E-state index in [0.717, 1.165) is 36.5 Å². The molecular weight excluding hydrogens is 264 g/mol. The molecule has 0 saturated carbocycles. The summed E-state index contributed by atoms with van der Waals surface area (Å²) in [4.78, 5) is 0. The van der Waals surface area contributed by atoms with Crippen molar-refractivity contribution in [3.05, 3.63) is 28.3 Å². The molecule has 104 valence electrons. The SMILES string of the molecule is CCn1nc(C)c(Cl)c1Cn1cc(CCCN)nn1. The number of nitrogens with zero attached hydrogens (tertiary/aromatic N) is 5. The highest BCUT2D eigenvalue weighted by molar-refractivity contribution is 6.31. The second-order valence-electron chi connectivity index (χ2n) is 4.46. The van der Waals surface area contributed by atoms with Crippen LogP contribution in [0.5, 0.6) is 0 Å². The van der Waals surface area contributed by atoms with E-state index in [2.05, 4.69) is 15.4 Å². The Morgan fingerprint density at radius 2 is 2.21 bits per heavy atom. The lowest BCUT2D eigenvalue weighted by atomic mass is 10.2. The van der Waals surface area contributed by atoms with Crippen LogP contribution in [0.3, 0.4) is 0 Å². The lowest BCUT2D eigenvalue weighted by molar-refractivity contribution is 0.565. The van der Waals surface area contributed by atoms with E-state index < -0.39 is 0 Å². The number of aromatic nitrogens is 5. The van der Waals surface area contributed by atoms with Crippen LogP contribution in [0.4, 0.5) is 0 Å². The van der Waals surface area contributed by atoms with E-state index in [-0.39, 0.29) is 0 Å². The minimum absolute atomic E-state index is 0.586. The molecule has 0 aliphatic carbocycles. The molecule has 0 aromatic carbocycles. The number of halogens is 1. The summed E-state index contributed by atoms with van der Waals surface area (Å²) < 4.78 is 3.69. The first-order chi connectivity index (χ1) is 9.15. The summed E-state index contributed by atoms with van der Waals surface area (Å²) >= 11 is 6.27. The van der Waals surface area contributed by atoms with Gasteiger partial charge in [-0.25, -0.2) is 4.68 Å². The summed E-state index contributed by atoms with van der Waals surface area (Å²) in [6.45, 7) is 5.99. The maximum absolute atomic E-state index is 6.27. The van der Waals surface area contributed by atoms with Gasteiger partial charge in [-0.3, -0.25) is 4.68 Å². The predicted molar refractivity (Wildman–Crippen MR) is 74.1 cm³/mol. The van der Waals surface area contributed by atoms with Gasteiger partial charge in [0.15, 0.2) is 0 Å². The maximum Gasteiger partial charge on any atom is 0.0866 e. The molecule has 6 nitrogen and oxygen atoms in total. The van der Waals surface area contributed by atoms with Crippen LogP contribution in [0.15, 0.2) is 6.20 Å². The molecule has 0 spiro atoms. The Hall–Kier alpha value is -1.40. The van der Waals surface area contributed by atoms with Crippen molar-refractivity contribution in [3.8, 4) is 0 Å². The van der Waals surface area contributed by atoms with Gasteiger partial charge in [0.2, 0.25) is 0 Å². The fourth-order valence-electron chi connectivity index (χ4n) is 1.99. The van der Waals surface area contributed by atoms with Crippen molar-refractivity contribution >= 4 is 11.6 Å². The summed E-state index contributed by atoms with van der Waals surface area (Å²) in [5.74, 6) is 0. The van der Waals surface area contributed by atoms with E-state index in [1.165, 1.54) is 0 Å². The quantitative estimate of drug-likeness (QED) is 0.869. The standard InChI is InChI=1S/C12H19ClN6/c1-3-19-11(12(13)9(2)16-19)8-18-7-10(15-17-18)5-4-6-14/h7H,3-6,8,14H2,1-2H3. The average Bonchev–Trinajstić information content (AvgIpc) is 2.96. The Bertz CT molecular complexity index is 544. The van der Waals surface area contributed by atoms with Crippen molar-refractivity contribution in [2.75, 3.05) is 6.54 Å². The lowest BCUT2D eigenvalue weighted by Gasteiger charge is -2.04. The minimum atomic E-state index is 0.586. The van der Waals surface area contributed by atoms with Gasteiger partial charge < -0.3 is 5.73 Å². The number of rotatable bonds is 6. The van der Waals surface area contributed by atoms with Crippen LogP contribution >= 0.6 is 11.6 Å². The zero-order valence-electron chi connectivity index (χ0n) is 11.3. The van der Waals surface area contributed by atoms with Crippen LogP contribution in [-0.2, 0) is 19.5 Å². The topological polar surface area (TPSA) is 74.5 Å². The third-order valence-corrected chi connectivity index (χ3v) is 3.48. The molecule has 0 atom stereocenters. The number of nitrogens with two attached hydrogens (primary N) is 1. The van der Waals surface area contributed by atoms with Gasteiger partial charge in [-0.15, -0.1) is 5.10 Å². The van der Waals surface area contributed by atoms with Crippen molar-refractivity contribution in [2.45, 2.75) is 39.8 Å². The molecule has 2 aromatic rings. The van der Waals surface area contributed by atoms with Gasteiger partial charge in [-0.05, 0) is 33.2 Å². The van der Waals surface area contributed by atoms with Crippen LogP contribution in [0.25, 0.3) is 0 Å². The summed E-state index contributed by atoms with van der Waals surface area (Å²) in [7, 11) is 0. The summed E-state index contributed by atoms with van der Waals surface area (Å²) in [6, 6.07) is 0. The number of hydrogen-bond acceptors (Lipinski definition) is 4. The van der Waals surface area contributed by atoms with E-state index in [0.29, 0.717) is 18.1 Å². The van der Waals surface area contributed by atoms with E-state index in [1.807, 2.05) is 24.7 Å². The molecule has 0 radical (unpaired) electrons. The highest BCUT2D eigenvalue weighted by Crippen LogP contribution is 2.21. The van der Waals surface area contributed by atoms with E-state index in [4.69, 9.17) is 17.3 Å². The fourth-order valence-corrected chi connectivity index (χ4v) is 2.18. The average molecular weight is 283 g/mol. The van der Waals surface area contributed by atoms with Crippen molar-refractivity contribution in [1.29, 1.82) is 0 Å². The minimum Gasteiger partial charge on any atom is -0.330 e. The molecule has 0 aliphatic rings. The van der Waals surface area contributed by atoms with E-state index in [9.17, 15) is 0 Å². The molecule has 2 rings (SSSR count). The molecule has 19 heavy (non-hydrogen) atoms. The molecule has 0 amide bonds. The van der Waals surface area contributed by atoms with Crippen LogP contribution in [0, 0.1) is 6.92 Å². The van der Waals surface area contributed by atoms with Crippen LogP contribution in [-0.4, -0.2) is 31.3 Å². The van der Waals surface area contributed by atoms with E-state index in [1.54, 1.807) is 4.68 Å². The zero-order chi connectivity index (χ0) is 13.8. The van der Waals surface area contributed by atoms with Gasteiger partial charge in [0.05, 0.1) is 28.6 Å². The molecule has 2 heterocycles.